The lowest BCUT2D eigenvalue weighted by Gasteiger charge is -2.17. The molecule has 1 saturated heterocycles. The number of hydrogen-bond donors (Lipinski definition) is 1. The molecule has 1 N–H and O–H groups in total. The van der Waals surface area contributed by atoms with Gasteiger partial charge in [0.05, 0.1) is 53.8 Å². The van der Waals surface area contributed by atoms with Crippen molar-refractivity contribution in [1.82, 2.24) is 33.9 Å². The van der Waals surface area contributed by atoms with Gasteiger partial charge < -0.3 is 19.0 Å². The highest BCUT2D eigenvalue weighted by Gasteiger charge is 2.29. The van der Waals surface area contributed by atoms with Crippen molar-refractivity contribution < 1.29 is 9.59 Å². The third-order valence-electron chi connectivity index (χ3n) is 7.23. The summed E-state index contributed by atoms with van der Waals surface area (Å²) >= 11 is 6.11. The topological polar surface area (TPSA) is 102 Å². The standard InChI is InChI=1S/C27H25ClN8O2/c28-20-5-7-33-16-30-22(23(33)9-20)11-29-27(38)19-10-31-35(13-19)15-21-14-34-12-18(17-3-4-17)8-24(26(34)32-21)36-6-1-2-25(36)37/h5,7-10,12-14,16-17H,1-4,6,11,15H2,(H,29,38). The van der Waals surface area contributed by atoms with Crippen LogP contribution in [0.25, 0.3) is 11.2 Å². The molecule has 2 fully saturated rings. The van der Waals surface area contributed by atoms with Crippen molar-refractivity contribution in [3.8, 4) is 0 Å². The first-order valence-electron chi connectivity index (χ1n) is 12.8. The zero-order valence-corrected chi connectivity index (χ0v) is 21.3. The molecule has 192 valence electrons. The van der Waals surface area contributed by atoms with E-state index >= 15 is 0 Å². The van der Waals surface area contributed by atoms with Crippen LogP contribution in [0, 0.1) is 0 Å². The van der Waals surface area contributed by atoms with Gasteiger partial charge in [0.1, 0.15) is 0 Å². The van der Waals surface area contributed by atoms with Crippen LogP contribution < -0.4 is 10.2 Å². The fourth-order valence-corrected chi connectivity index (χ4v) is 5.28. The van der Waals surface area contributed by atoms with Crippen LogP contribution in [0.15, 0.2) is 55.5 Å². The number of amides is 2. The van der Waals surface area contributed by atoms with E-state index in [0.29, 0.717) is 29.5 Å². The summed E-state index contributed by atoms with van der Waals surface area (Å²) in [7, 11) is 0. The minimum absolute atomic E-state index is 0.152. The zero-order valence-electron chi connectivity index (χ0n) is 20.5. The van der Waals surface area contributed by atoms with Gasteiger partial charge in [-0.05, 0) is 48.9 Å². The highest BCUT2D eigenvalue weighted by Crippen LogP contribution is 2.42. The Morgan fingerprint density at radius 3 is 2.87 bits per heavy atom. The number of carbonyl (C=O) groups is 2. The van der Waals surface area contributed by atoms with Gasteiger partial charge in [-0.15, -0.1) is 0 Å². The smallest absolute Gasteiger partial charge is 0.254 e. The quantitative estimate of drug-likeness (QED) is 0.346. The number of hydrogen-bond acceptors (Lipinski definition) is 5. The van der Waals surface area contributed by atoms with Gasteiger partial charge in [0.15, 0.2) is 5.65 Å². The number of fused-ring (bicyclic) bond motifs is 2. The summed E-state index contributed by atoms with van der Waals surface area (Å²) in [5.74, 6) is 0.475. The lowest BCUT2D eigenvalue weighted by molar-refractivity contribution is -0.117. The van der Waals surface area contributed by atoms with E-state index in [0.717, 1.165) is 41.2 Å². The highest BCUT2D eigenvalue weighted by atomic mass is 35.5. The SMILES string of the molecule is O=C(NCc1ncn2ccc(Cl)cc12)c1cnn(Cc2cn3cc(C4CC4)cc(N4CCCC4=O)c3n2)c1. The third kappa shape index (κ3) is 4.20. The van der Waals surface area contributed by atoms with Gasteiger partial charge in [-0.25, -0.2) is 9.97 Å². The Kier molecular flexibility index (Phi) is 5.43. The average molecular weight is 529 g/mol. The maximum absolute atomic E-state index is 12.8. The average Bonchev–Trinajstić information content (AvgIpc) is 3.23. The van der Waals surface area contributed by atoms with Gasteiger partial charge in [0, 0.05) is 42.8 Å². The van der Waals surface area contributed by atoms with Crippen molar-refractivity contribution in [2.45, 2.75) is 44.7 Å². The summed E-state index contributed by atoms with van der Waals surface area (Å²) in [6.07, 6.45) is 14.7. The van der Waals surface area contributed by atoms with E-state index in [1.807, 2.05) is 32.2 Å². The van der Waals surface area contributed by atoms with Crippen LogP contribution in [0.4, 0.5) is 5.69 Å². The van der Waals surface area contributed by atoms with Crippen molar-refractivity contribution in [3.63, 3.8) is 0 Å². The van der Waals surface area contributed by atoms with Gasteiger partial charge in [-0.1, -0.05) is 11.6 Å². The van der Waals surface area contributed by atoms with Crippen LogP contribution in [0.1, 0.15) is 58.9 Å². The molecule has 0 aromatic carbocycles. The van der Waals surface area contributed by atoms with Crippen molar-refractivity contribution in [2.75, 3.05) is 11.4 Å². The molecule has 5 aromatic rings. The minimum atomic E-state index is -0.238. The molecule has 1 aliphatic heterocycles. The monoisotopic (exact) mass is 528 g/mol. The second-order valence-electron chi connectivity index (χ2n) is 9.98. The first-order valence-corrected chi connectivity index (χ1v) is 13.1. The third-order valence-corrected chi connectivity index (χ3v) is 7.47. The molecule has 5 aromatic heterocycles. The summed E-state index contributed by atoms with van der Waals surface area (Å²) in [6, 6.07) is 5.75. The molecule has 7 rings (SSSR count). The highest BCUT2D eigenvalue weighted by molar-refractivity contribution is 6.30. The number of pyridine rings is 2. The van der Waals surface area contributed by atoms with Crippen LogP contribution in [-0.2, 0) is 17.9 Å². The molecule has 0 atom stereocenters. The van der Waals surface area contributed by atoms with Gasteiger partial charge >= 0.3 is 0 Å². The van der Waals surface area contributed by atoms with Crippen molar-refractivity contribution in [1.29, 1.82) is 0 Å². The maximum atomic E-state index is 12.8. The van der Waals surface area contributed by atoms with Crippen molar-refractivity contribution in [3.05, 3.63) is 83.0 Å². The molecule has 0 bridgehead atoms. The van der Waals surface area contributed by atoms with Crippen LogP contribution in [0.5, 0.6) is 0 Å². The van der Waals surface area contributed by atoms with Crippen LogP contribution in [-0.4, -0.2) is 46.9 Å². The second kappa shape index (κ2) is 8.98. The predicted octanol–water partition coefficient (Wildman–Crippen LogP) is 3.81. The number of nitrogens with one attached hydrogen (secondary N) is 1. The number of carbonyl (C=O) groups excluding carboxylic acids is 2. The zero-order chi connectivity index (χ0) is 25.8. The normalized spacial score (nSPS) is 15.7. The lowest BCUT2D eigenvalue weighted by atomic mass is 10.1. The molecule has 1 aliphatic carbocycles. The van der Waals surface area contributed by atoms with E-state index in [9.17, 15) is 9.59 Å². The van der Waals surface area contributed by atoms with E-state index in [1.54, 1.807) is 29.5 Å². The fourth-order valence-electron chi connectivity index (χ4n) is 5.12. The largest absolute Gasteiger partial charge is 0.346 e. The first kappa shape index (κ1) is 23.0. The van der Waals surface area contributed by atoms with Gasteiger partial charge in [0.25, 0.3) is 5.91 Å². The summed E-state index contributed by atoms with van der Waals surface area (Å²) < 4.78 is 5.59. The second-order valence-corrected chi connectivity index (χ2v) is 10.4. The maximum Gasteiger partial charge on any atom is 0.254 e. The molecule has 11 heteroatoms. The number of halogens is 1. The minimum Gasteiger partial charge on any atom is -0.346 e. The Hall–Kier alpha value is -4.18. The Morgan fingerprint density at radius 2 is 2.05 bits per heavy atom. The predicted molar refractivity (Wildman–Crippen MR) is 141 cm³/mol. The summed E-state index contributed by atoms with van der Waals surface area (Å²) in [5, 5.41) is 7.90. The van der Waals surface area contributed by atoms with E-state index in [1.165, 1.54) is 18.4 Å². The molecule has 2 amide bonds. The molecule has 1 saturated carbocycles. The van der Waals surface area contributed by atoms with Crippen LogP contribution >= 0.6 is 11.6 Å². The Morgan fingerprint density at radius 1 is 1.16 bits per heavy atom. The molecule has 0 unspecified atom stereocenters. The van der Waals surface area contributed by atoms with Gasteiger partial charge in [0.2, 0.25) is 5.91 Å². The first-order chi connectivity index (χ1) is 18.5. The van der Waals surface area contributed by atoms with E-state index in [-0.39, 0.29) is 18.4 Å². The molecule has 6 heterocycles. The molecule has 10 nitrogen and oxygen atoms in total. The molecule has 0 radical (unpaired) electrons. The number of nitrogens with zero attached hydrogens (tertiary/aromatic N) is 7. The molecule has 2 aliphatic rings. The summed E-state index contributed by atoms with van der Waals surface area (Å²) in [6.45, 7) is 1.41. The van der Waals surface area contributed by atoms with E-state index in [2.05, 4.69) is 27.7 Å². The van der Waals surface area contributed by atoms with Crippen LogP contribution in [0.3, 0.4) is 0 Å². The Labute approximate surface area is 222 Å². The Balaban J connectivity index is 1.09. The lowest BCUT2D eigenvalue weighted by Crippen LogP contribution is -2.24. The molecule has 0 spiro atoms. The molecular formula is C27H25ClN8O2. The summed E-state index contributed by atoms with van der Waals surface area (Å²) in [5.41, 5.74) is 5.75. The number of anilines is 1. The van der Waals surface area contributed by atoms with Crippen molar-refractivity contribution >= 4 is 40.3 Å². The Bertz CT molecular complexity index is 1710. The van der Waals surface area contributed by atoms with E-state index in [4.69, 9.17) is 16.6 Å². The van der Waals surface area contributed by atoms with Gasteiger partial charge in [-0.2, -0.15) is 5.10 Å². The number of imidazole rings is 2. The molecular weight excluding hydrogens is 504 g/mol. The molecule has 38 heavy (non-hydrogen) atoms. The number of rotatable bonds is 7. The van der Waals surface area contributed by atoms with Crippen molar-refractivity contribution in [2.24, 2.45) is 0 Å². The van der Waals surface area contributed by atoms with E-state index < -0.39 is 0 Å². The summed E-state index contributed by atoms with van der Waals surface area (Å²) in [4.78, 5) is 36.4. The number of aromatic nitrogens is 6. The fraction of sp³-hybridized carbons (Fsp3) is 0.296. The van der Waals surface area contributed by atoms with Crippen LogP contribution in [0.2, 0.25) is 5.02 Å². The van der Waals surface area contributed by atoms with Gasteiger partial charge in [-0.3, -0.25) is 14.3 Å².